The molecule has 8 rings (SSSR count). The van der Waals surface area contributed by atoms with Gasteiger partial charge in [-0.1, -0.05) is 62.3 Å². The number of urea groups is 1. The molecule has 4 amide bonds. The first-order chi connectivity index (χ1) is 27.9. The summed E-state index contributed by atoms with van der Waals surface area (Å²) in [6, 6.07) is 24.4. The van der Waals surface area contributed by atoms with Gasteiger partial charge in [-0.25, -0.2) is 9.78 Å². The molecule has 0 bridgehead atoms. The van der Waals surface area contributed by atoms with E-state index in [4.69, 9.17) is 9.51 Å². The SMILES string of the molecule is Cc1cc(-c2n[nH]c3ncc(-c4ccc(N5CCN(CCc6ccc(N7CCC(=O)NC7=O)cc6)CC5)cc4)cc23)ccc1C(C)NC(=O)c1noc(C(C)(C)C)n1. The van der Waals surface area contributed by atoms with E-state index in [1.54, 1.807) is 4.90 Å². The van der Waals surface area contributed by atoms with Crippen molar-refractivity contribution in [2.45, 2.75) is 58.9 Å². The Kier molecular flexibility index (Phi) is 10.5. The van der Waals surface area contributed by atoms with Gasteiger partial charge in [-0.15, -0.1) is 0 Å². The second kappa shape index (κ2) is 15.9. The molecule has 6 aromatic rings. The molecule has 2 aliphatic rings. The van der Waals surface area contributed by atoms with Crippen LogP contribution in [0, 0.1) is 6.92 Å². The third-order valence-electron chi connectivity index (χ3n) is 11.0. The highest BCUT2D eigenvalue weighted by molar-refractivity contribution is 6.05. The van der Waals surface area contributed by atoms with E-state index in [1.165, 1.54) is 11.3 Å². The van der Waals surface area contributed by atoms with Gasteiger partial charge in [-0.2, -0.15) is 10.1 Å². The molecule has 3 aromatic heterocycles. The summed E-state index contributed by atoms with van der Waals surface area (Å²) in [6.07, 6.45) is 3.13. The lowest BCUT2D eigenvalue weighted by molar-refractivity contribution is -0.120. The number of nitrogens with one attached hydrogen (secondary N) is 3. The molecule has 298 valence electrons. The largest absolute Gasteiger partial charge is 0.369 e. The van der Waals surface area contributed by atoms with Gasteiger partial charge < -0.3 is 14.7 Å². The molecule has 0 saturated carbocycles. The zero-order valence-corrected chi connectivity index (χ0v) is 33.5. The van der Waals surface area contributed by atoms with Crippen molar-refractivity contribution >= 4 is 40.3 Å². The van der Waals surface area contributed by atoms with Crippen molar-refractivity contribution in [1.82, 2.24) is 40.9 Å². The van der Waals surface area contributed by atoms with Crippen LogP contribution in [0.15, 0.2) is 83.5 Å². The molecule has 0 spiro atoms. The quantitative estimate of drug-likeness (QED) is 0.138. The van der Waals surface area contributed by atoms with Gasteiger partial charge in [-0.3, -0.25) is 29.8 Å². The van der Waals surface area contributed by atoms with Gasteiger partial charge in [0.2, 0.25) is 11.8 Å². The highest BCUT2D eigenvalue weighted by Gasteiger charge is 2.26. The highest BCUT2D eigenvalue weighted by Crippen LogP contribution is 2.32. The van der Waals surface area contributed by atoms with E-state index in [2.05, 4.69) is 89.3 Å². The van der Waals surface area contributed by atoms with Gasteiger partial charge in [0.1, 0.15) is 5.69 Å². The number of rotatable bonds is 10. The van der Waals surface area contributed by atoms with E-state index in [0.717, 1.165) is 83.7 Å². The molecule has 2 saturated heterocycles. The lowest BCUT2D eigenvalue weighted by atomic mass is 9.97. The van der Waals surface area contributed by atoms with Crippen molar-refractivity contribution in [3.8, 4) is 22.4 Å². The third kappa shape index (κ3) is 8.19. The predicted octanol–water partition coefficient (Wildman–Crippen LogP) is 6.58. The van der Waals surface area contributed by atoms with Crippen molar-refractivity contribution in [2.24, 2.45) is 0 Å². The van der Waals surface area contributed by atoms with Crippen LogP contribution in [-0.4, -0.2) is 87.3 Å². The van der Waals surface area contributed by atoms with E-state index in [1.807, 2.05) is 65.1 Å². The molecule has 5 heterocycles. The maximum Gasteiger partial charge on any atom is 0.328 e. The van der Waals surface area contributed by atoms with Gasteiger partial charge >= 0.3 is 6.03 Å². The first kappa shape index (κ1) is 38.5. The number of carbonyl (C=O) groups excluding carboxylic acids is 3. The number of amides is 4. The van der Waals surface area contributed by atoms with E-state index in [0.29, 0.717) is 24.5 Å². The molecule has 2 aliphatic heterocycles. The molecule has 0 radical (unpaired) electrons. The maximum absolute atomic E-state index is 12.9. The van der Waals surface area contributed by atoms with E-state index >= 15 is 0 Å². The zero-order chi connectivity index (χ0) is 40.6. The summed E-state index contributed by atoms with van der Waals surface area (Å²) < 4.78 is 5.31. The number of aromatic nitrogens is 5. The summed E-state index contributed by atoms with van der Waals surface area (Å²) in [4.78, 5) is 52.1. The fourth-order valence-corrected chi connectivity index (χ4v) is 7.58. The second-order valence-corrected chi connectivity index (χ2v) is 16.2. The molecule has 1 unspecified atom stereocenters. The van der Waals surface area contributed by atoms with Crippen molar-refractivity contribution in [1.29, 1.82) is 0 Å². The molecular weight excluding hydrogens is 733 g/mol. The van der Waals surface area contributed by atoms with Crippen LogP contribution >= 0.6 is 0 Å². The standard InChI is InChI=1S/C44H48N10O4/c1-27-24-31(10-15-35(27)28(2)46-41(56)40-48-42(58-51-40)44(3,4)5)38-36-25-32(26-45-39(36)50-49-38)30-8-13-33(14-9-30)53-22-20-52(21-23-53)18-16-29-6-11-34(12-7-29)54-19-17-37(55)47-43(54)57/h6-15,24-26,28H,16-23H2,1-5H3,(H,46,56)(H,45,49,50)(H,47,55,57). The Morgan fingerprint density at radius 1 is 0.897 bits per heavy atom. The Morgan fingerprint density at radius 3 is 2.31 bits per heavy atom. The van der Waals surface area contributed by atoms with Gasteiger partial charge in [0.15, 0.2) is 5.65 Å². The average Bonchev–Trinajstić information content (AvgIpc) is 3.89. The Labute approximate surface area is 337 Å². The van der Waals surface area contributed by atoms with Gasteiger partial charge in [0.25, 0.3) is 11.7 Å². The minimum atomic E-state index is -0.386. The Balaban J connectivity index is 0.865. The van der Waals surface area contributed by atoms with E-state index in [-0.39, 0.29) is 35.1 Å². The monoisotopic (exact) mass is 780 g/mol. The number of H-pyrrole nitrogens is 1. The molecule has 2 fully saturated rings. The topological polar surface area (TPSA) is 165 Å². The Hall–Kier alpha value is -6.41. The van der Waals surface area contributed by atoms with Crippen LogP contribution < -0.4 is 20.4 Å². The number of nitrogens with zero attached hydrogens (tertiary/aromatic N) is 7. The molecule has 3 N–H and O–H groups in total. The number of carbonyl (C=O) groups is 3. The van der Waals surface area contributed by atoms with Crippen molar-refractivity contribution in [3.63, 3.8) is 0 Å². The molecular formula is C44H48N10O4. The van der Waals surface area contributed by atoms with Crippen LogP contribution in [0.2, 0.25) is 0 Å². The molecule has 58 heavy (non-hydrogen) atoms. The Bertz CT molecular complexity index is 2460. The van der Waals surface area contributed by atoms with Gasteiger partial charge in [0.05, 0.1) is 6.04 Å². The van der Waals surface area contributed by atoms with Crippen LogP contribution in [0.5, 0.6) is 0 Å². The molecule has 1 atom stereocenters. The number of hydrogen-bond acceptors (Lipinski definition) is 10. The first-order valence-corrected chi connectivity index (χ1v) is 19.8. The smallest absolute Gasteiger partial charge is 0.328 e. The number of aromatic amines is 1. The minimum absolute atomic E-state index is 0.0199. The lowest BCUT2D eigenvalue weighted by Gasteiger charge is -2.36. The first-order valence-electron chi connectivity index (χ1n) is 19.8. The van der Waals surface area contributed by atoms with Crippen LogP contribution in [0.25, 0.3) is 33.4 Å². The summed E-state index contributed by atoms with van der Waals surface area (Å²) >= 11 is 0. The van der Waals surface area contributed by atoms with Crippen LogP contribution in [0.3, 0.4) is 0 Å². The second-order valence-electron chi connectivity index (χ2n) is 16.2. The van der Waals surface area contributed by atoms with Crippen LogP contribution in [0.4, 0.5) is 16.2 Å². The van der Waals surface area contributed by atoms with Crippen LogP contribution in [0.1, 0.15) is 73.4 Å². The number of benzene rings is 3. The molecule has 14 heteroatoms. The zero-order valence-electron chi connectivity index (χ0n) is 33.5. The van der Waals surface area contributed by atoms with E-state index < -0.39 is 0 Å². The summed E-state index contributed by atoms with van der Waals surface area (Å²) in [5, 5.41) is 17.9. The summed E-state index contributed by atoms with van der Waals surface area (Å²) in [5.74, 6) is -0.176. The summed E-state index contributed by atoms with van der Waals surface area (Å²) in [7, 11) is 0. The van der Waals surface area contributed by atoms with Crippen molar-refractivity contribution in [3.05, 3.63) is 107 Å². The van der Waals surface area contributed by atoms with Crippen LogP contribution in [-0.2, 0) is 16.6 Å². The summed E-state index contributed by atoms with van der Waals surface area (Å²) in [5.41, 5.74) is 9.45. The molecule has 0 aliphatic carbocycles. The van der Waals surface area contributed by atoms with Crippen molar-refractivity contribution in [2.75, 3.05) is 49.1 Å². The third-order valence-corrected chi connectivity index (χ3v) is 11.0. The number of pyridine rings is 1. The number of fused-ring (bicyclic) bond motifs is 1. The molecule has 3 aromatic carbocycles. The highest BCUT2D eigenvalue weighted by atomic mass is 16.5. The number of anilines is 2. The normalized spacial score (nSPS) is 15.8. The van der Waals surface area contributed by atoms with E-state index in [9.17, 15) is 14.4 Å². The Morgan fingerprint density at radius 2 is 1.62 bits per heavy atom. The van der Waals surface area contributed by atoms with Crippen molar-refractivity contribution < 1.29 is 18.9 Å². The molecule has 14 nitrogen and oxygen atoms in total. The number of aryl methyl sites for hydroxylation is 1. The maximum atomic E-state index is 12.9. The lowest BCUT2D eigenvalue weighted by Crippen LogP contribution is -2.49. The summed E-state index contributed by atoms with van der Waals surface area (Å²) in [6.45, 7) is 15.1. The minimum Gasteiger partial charge on any atom is -0.369 e. The number of hydrogen-bond donors (Lipinski definition) is 3. The van der Waals surface area contributed by atoms with Gasteiger partial charge in [-0.05, 0) is 78.9 Å². The fourth-order valence-electron chi connectivity index (χ4n) is 7.58. The number of piperazine rings is 1. The number of imide groups is 1. The van der Waals surface area contributed by atoms with Gasteiger partial charge in [0, 0.05) is 85.2 Å². The fraction of sp³-hybridized carbons (Fsp3) is 0.341. The predicted molar refractivity (Wildman–Crippen MR) is 223 cm³/mol. The average molecular weight is 781 g/mol.